The van der Waals surface area contributed by atoms with Crippen molar-refractivity contribution in [3.05, 3.63) is 46.5 Å². The zero-order valence-electron chi connectivity index (χ0n) is 20.2. The molecule has 2 aromatic rings. The van der Waals surface area contributed by atoms with Crippen LogP contribution in [0.3, 0.4) is 0 Å². The van der Waals surface area contributed by atoms with Gasteiger partial charge in [0.2, 0.25) is 5.95 Å². The normalized spacial score (nSPS) is 27.0. The number of piperidine rings is 2. The van der Waals surface area contributed by atoms with Crippen molar-refractivity contribution in [2.75, 3.05) is 19.5 Å². The predicted octanol–water partition coefficient (Wildman–Crippen LogP) is 3.60. The summed E-state index contributed by atoms with van der Waals surface area (Å²) in [5, 5.41) is 7.38. The van der Waals surface area contributed by atoms with Crippen LogP contribution in [0, 0.1) is 12.8 Å². The number of hydrogen-bond donors (Lipinski definition) is 3. The number of hydrogen-bond acceptors (Lipinski definition) is 9. The third kappa shape index (κ3) is 4.75. The minimum absolute atomic E-state index is 0.217. The second-order valence-electron chi connectivity index (χ2n) is 9.48. The van der Waals surface area contributed by atoms with Gasteiger partial charge in [-0.1, -0.05) is 11.6 Å². The summed E-state index contributed by atoms with van der Waals surface area (Å²) in [6.07, 6.45) is 11.2. The molecule has 5 rings (SSSR count). The van der Waals surface area contributed by atoms with Crippen LogP contribution in [-0.4, -0.2) is 48.0 Å². The number of allylic oxidation sites excluding steroid dienone is 1. The first-order chi connectivity index (χ1) is 16.9. The van der Waals surface area contributed by atoms with Gasteiger partial charge in [0, 0.05) is 35.6 Å². The van der Waals surface area contributed by atoms with E-state index >= 15 is 0 Å². The lowest BCUT2D eigenvalue weighted by atomic mass is 9.96. The molecule has 2 bridgehead atoms. The van der Waals surface area contributed by atoms with Crippen molar-refractivity contribution in [2.45, 2.75) is 56.8 Å². The smallest absolute Gasteiger partial charge is 0.227 e. The van der Waals surface area contributed by atoms with Crippen molar-refractivity contribution < 1.29 is 14.2 Å². The molecule has 3 aliphatic rings. The van der Waals surface area contributed by atoms with Gasteiger partial charge < -0.3 is 30.6 Å². The number of benzene rings is 1. The minimum Gasteiger partial charge on any atom is -0.496 e. The summed E-state index contributed by atoms with van der Waals surface area (Å²) in [5.41, 5.74) is 8.49. The van der Waals surface area contributed by atoms with E-state index in [9.17, 15) is 0 Å². The molecular weight excluding hydrogens is 468 g/mol. The first-order valence-corrected chi connectivity index (χ1v) is 12.2. The number of anilines is 1. The number of rotatable bonds is 9. The molecule has 3 heterocycles. The quantitative estimate of drug-likeness (QED) is 0.449. The highest BCUT2D eigenvalue weighted by Gasteiger charge is 2.62. The number of nitrogens with zero attached hydrogens (tertiary/aromatic N) is 3. The Morgan fingerprint density at radius 3 is 2.71 bits per heavy atom. The summed E-state index contributed by atoms with van der Waals surface area (Å²) in [6, 6.07) is 2.69. The topological polar surface area (TPSA) is 116 Å². The van der Waals surface area contributed by atoms with E-state index in [1.165, 1.54) is 19.0 Å². The van der Waals surface area contributed by atoms with Crippen molar-refractivity contribution in [3.8, 4) is 17.2 Å². The molecule has 9 nitrogen and oxygen atoms in total. The molecule has 2 aliphatic heterocycles. The summed E-state index contributed by atoms with van der Waals surface area (Å²) >= 11 is 6.49. The van der Waals surface area contributed by atoms with Crippen molar-refractivity contribution in [1.82, 2.24) is 15.3 Å². The van der Waals surface area contributed by atoms with Crippen LogP contribution >= 0.6 is 11.6 Å². The molecule has 35 heavy (non-hydrogen) atoms. The molecular formula is C25H31ClN6O3. The average molecular weight is 499 g/mol. The molecule has 3 fully saturated rings. The van der Waals surface area contributed by atoms with Gasteiger partial charge in [-0.2, -0.15) is 0 Å². The summed E-state index contributed by atoms with van der Waals surface area (Å²) in [6.45, 7) is 2.14. The van der Waals surface area contributed by atoms with E-state index in [-0.39, 0.29) is 6.61 Å². The number of methoxy groups -OCH3 is 2. The predicted molar refractivity (Wildman–Crippen MR) is 135 cm³/mol. The maximum absolute atomic E-state index is 6.49. The Balaban J connectivity index is 1.18. The van der Waals surface area contributed by atoms with Gasteiger partial charge in [-0.25, -0.2) is 9.97 Å². The number of fused-ring (bicyclic) bond motifs is 1. The Kier molecular flexibility index (Phi) is 6.46. The fraction of sp³-hybridized carbons (Fsp3) is 0.480. The van der Waals surface area contributed by atoms with Crippen LogP contribution in [0.25, 0.3) is 0 Å². The Morgan fingerprint density at radius 2 is 2.03 bits per heavy atom. The fourth-order valence-electron chi connectivity index (χ4n) is 5.41. The molecule has 4 atom stereocenters. The number of ether oxygens (including phenoxy) is 3. The molecule has 2 unspecified atom stereocenters. The molecule has 0 radical (unpaired) electrons. The molecule has 1 spiro atoms. The van der Waals surface area contributed by atoms with Gasteiger partial charge in [0.25, 0.3) is 0 Å². The minimum atomic E-state index is 0.217. The molecule has 1 aromatic heterocycles. The Bertz CT molecular complexity index is 1130. The van der Waals surface area contributed by atoms with E-state index in [0.29, 0.717) is 51.5 Å². The number of nitrogens with two attached hydrogens (primary N) is 1. The number of nitrogens with one attached hydrogen (secondary N) is 2. The molecule has 1 aliphatic carbocycles. The van der Waals surface area contributed by atoms with E-state index < -0.39 is 0 Å². The van der Waals surface area contributed by atoms with Gasteiger partial charge in [-0.3, -0.25) is 4.99 Å². The van der Waals surface area contributed by atoms with Crippen molar-refractivity contribution in [2.24, 2.45) is 16.6 Å². The largest absolute Gasteiger partial charge is 0.496 e. The lowest BCUT2D eigenvalue weighted by molar-refractivity contribution is 0.300. The van der Waals surface area contributed by atoms with Gasteiger partial charge in [-0.15, -0.1) is 0 Å². The number of halogens is 1. The van der Waals surface area contributed by atoms with Crippen LogP contribution in [0.4, 0.5) is 5.95 Å². The lowest BCUT2D eigenvalue weighted by Gasteiger charge is -2.30. The zero-order chi connectivity index (χ0) is 24.6. The first-order valence-electron chi connectivity index (χ1n) is 11.8. The van der Waals surface area contributed by atoms with Crippen molar-refractivity contribution >= 4 is 23.8 Å². The molecule has 0 amide bonds. The SMILES string of the molecule is COc1cc(OC)c(Cl)c(COc2cnc(NC(C=N[C@@H]3CC4C[C@@H]5CC5(C3)N4)=CN)nc2)c1C. The van der Waals surface area contributed by atoms with Gasteiger partial charge in [0.15, 0.2) is 5.75 Å². The maximum atomic E-state index is 6.49. The monoisotopic (exact) mass is 498 g/mol. The molecule has 1 aromatic carbocycles. The summed E-state index contributed by atoms with van der Waals surface area (Å²) in [5.74, 6) is 2.97. The summed E-state index contributed by atoms with van der Waals surface area (Å²) in [4.78, 5) is 13.5. The molecule has 4 N–H and O–H groups in total. The van der Waals surface area contributed by atoms with Crippen LogP contribution < -0.4 is 30.6 Å². The molecule has 2 saturated heterocycles. The Labute approximate surface area is 210 Å². The van der Waals surface area contributed by atoms with Crippen LogP contribution in [0.1, 0.15) is 36.8 Å². The van der Waals surface area contributed by atoms with E-state index in [2.05, 4.69) is 20.6 Å². The molecule has 10 heteroatoms. The zero-order valence-corrected chi connectivity index (χ0v) is 20.9. The van der Waals surface area contributed by atoms with Crippen LogP contribution in [0.5, 0.6) is 17.2 Å². The highest BCUT2D eigenvalue weighted by Crippen LogP contribution is 2.58. The van der Waals surface area contributed by atoms with Crippen molar-refractivity contribution in [1.29, 1.82) is 0 Å². The standard InChI is InChI=1S/C25H31ClN6O3/c1-14-20(23(26)22(34-3)6-21(14)33-2)13-35-19-11-29-24(30-12-19)31-18(9-27)10-28-17-5-16-4-15-7-25(15,8-17)32-16/h6,9-12,15-17,32H,4-5,7-8,13,27H2,1-3H3,(H,29,30,31)/t15-,16?,17-,25?/m1/s1. The fourth-order valence-corrected chi connectivity index (χ4v) is 5.74. The number of aliphatic imine (C=N–C) groups is 1. The average Bonchev–Trinajstić information content (AvgIpc) is 3.43. The van der Waals surface area contributed by atoms with Gasteiger partial charge >= 0.3 is 0 Å². The Morgan fingerprint density at radius 1 is 1.26 bits per heavy atom. The van der Waals surface area contributed by atoms with Gasteiger partial charge in [0.05, 0.1) is 43.4 Å². The summed E-state index contributed by atoms with van der Waals surface area (Å²) in [7, 11) is 3.17. The highest BCUT2D eigenvalue weighted by atomic mass is 35.5. The van der Waals surface area contributed by atoms with Gasteiger partial charge in [-0.05, 0) is 44.1 Å². The van der Waals surface area contributed by atoms with Crippen LogP contribution in [0.2, 0.25) is 5.02 Å². The summed E-state index contributed by atoms with van der Waals surface area (Å²) < 4.78 is 16.7. The molecule has 186 valence electrons. The molecule has 1 saturated carbocycles. The Hall–Kier alpha value is -3.04. The third-order valence-corrected chi connectivity index (χ3v) is 7.74. The van der Waals surface area contributed by atoms with Crippen molar-refractivity contribution in [3.63, 3.8) is 0 Å². The van der Waals surface area contributed by atoms with E-state index in [1.807, 2.05) is 6.92 Å². The van der Waals surface area contributed by atoms with E-state index in [4.69, 9.17) is 36.5 Å². The second kappa shape index (κ2) is 9.54. The van der Waals surface area contributed by atoms with E-state index in [1.54, 1.807) is 38.9 Å². The van der Waals surface area contributed by atoms with Gasteiger partial charge in [0.1, 0.15) is 18.1 Å². The second-order valence-corrected chi connectivity index (χ2v) is 9.86. The van der Waals surface area contributed by atoms with Crippen LogP contribution in [0.15, 0.2) is 35.3 Å². The maximum Gasteiger partial charge on any atom is 0.227 e. The van der Waals surface area contributed by atoms with E-state index in [0.717, 1.165) is 29.9 Å². The highest BCUT2D eigenvalue weighted by molar-refractivity contribution is 6.33. The number of aromatic nitrogens is 2. The lowest BCUT2D eigenvalue weighted by Crippen LogP contribution is -2.44. The van der Waals surface area contributed by atoms with Crippen LogP contribution in [-0.2, 0) is 6.61 Å². The first kappa shape index (κ1) is 23.7. The third-order valence-electron chi connectivity index (χ3n) is 7.33.